The van der Waals surface area contributed by atoms with Crippen LogP contribution in [0.1, 0.15) is 43.5 Å². The molecule has 0 saturated carbocycles. The number of ether oxygens (including phenoxy) is 1. The minimum absolute atomic E-state index is 0.0421. The minimum Gasteiger partial charge on any atom is -0.484 e. The van der Waals surface area contributed by atoms with Crippen LogP contribution in [0.25, 0.3) is 11.0 Å². The van der Waals surface area contributed by atoms with Crippen molar-refractivity contribution < 1.29 is 19.1 Å². The largest absolute Gasteiger partial charge is 0.484 e. The Labute approximate surface area is 202 Å². The van der Waals surface area contributed by atoms with Gasteiger partial charge in [-0.15, -0.1) is 0 Å². The van der Waals surface area contributed by atoms with Gasteiger partial charge in [0.2, 0.25) is 5.91 Å². The third-order valence-corrected chi connectivity index (χ3v) is 6.17. The highest BCUT2D eigenvalue weighted by atomic mass is 16.5. The molecular weight excluding hydrogens is 450 g/mol. The summed E-state index contributed by atoms with van der Waals surface area (Å²) in [5, 5.41) is 5.24. The Morgan fingerprint density at radius 2 is 1.69 bits per heavy atom. The number of piperidine rings is 1. The van der Waals surface area contributed by atoms with E-state index in [0.717, 1.165) is 19.3 Å². The van der Waals surface area contributed by atoms with Gasteiger partial charge in [-0.2, -0.15) is 0 Å². The number of fused-ring (bicyclic) bond motifs is 1. The predicted octanol–water partition coefficient (Wildman–Crippen LogP) is 2.39. The Kier molecular flexibility index (Phi) is 7.19. The van der Waals surface area contributed by atoms with E-state index >= 15 is 0 Å². The Morgan fingerprint density at radius 1 is 1.00 bits per heavy atom. The Morgan fingerprint density at radius 3 is 2.40 bits per heavy atom. The fourth-order valence-electron chi connectivity index (χ4n) is 4.41. The van der Waals surface area contributed by atoms with E-state index in [1.807, 2.05) is 4.90 Å². The summed E-state index contributed by atoms with van der Waals surface area (Å²) in [6.07, 6.45) is 3.13. The van der Waals surface area contributed by atoms with Crippen LogP contribution in [0, 0.1) is 0 Å². The van der Waals surface area contributed by atoms with E-state index in [0.29, 0.717) is 28.0 Å². The van der Waals surface area contributed by atoms with Crippen molar-refractivity contribution in [3.05, 3.63) is 58.5 Å². The van der Waals surface area contributed by atoms with Crippen molar-refractivity contribution in [2.24, 2.45) is 0 Å². The first-order chi connectivity index (χ1) is 16.8. The smallest absolute Gasteiger partial charge is 0.323 e. The molecule has 1 aliphatic heterocycles. The first-order valence-electron chi connectivity index (χ1n) is 11.6. The number of nitrogens with zero attached hydrogens (tertiary/aromatic N) is 1. The van der Waals surface area contributed by atoms with Crippen LogP contribution in [0.15, 0.2) is 47.3 Å². The fourth-order valence-corrected chi connectivity index (χ4v) is 4.41. The van der Waals surface area contributed by atoms with Crippen LogP contribution in [-0.4, -0.2) is 57.8 Å². The van der Waals surface area contributed by atoms with E-state index in [4.69, 9.17) is 4.74 Å². The SMILES string of the molecule is C[C@@H]1CCC[C@@H](C)N1C(=O)COc1ccc(C(=O)NCC(=O)Nc2ccc3[nH]c(=O)[nH]c3c2)cc1. The van der Waals surface area contributed by atoms with Crippen LogP contribution in [0.5, 0.6) is 5.75 Å². The van der Waals surface area contributed by atoms with Gasteiger partial charge in [0, 0.05) is 23.3 Å². The van der Waals surface area contributed by atoms with Gasteiger partial charge in [0.05, 0.1) is 17.6 Å². The van der Waals surface area contributed by atoms with E-state index in [1.54, 1.807) is 42.5 Å². The van der Waals surface area contributed by atoms with Gasteiger partial charge in [-0.3, -0.25) is 14.4 Å². The maximum atomic E-state index is 12.6. The summed E-state index contributed by atoms with van der Waals surface area (Å²) in [6, 6.07) is 11.8. The van der Waals surface area contributed by atoms with Crippen LogP contribution in [-0.2, 0) is 9.59 Å². The molecule has 1 fully saturated rings. The van der Waals surface area contributed by atoms with Gasteiger partial charge < -0.3 is 30.2 Å². The molecule has 0 aliphatic carbocycles. The summed E-state index contributed by atoms with van der Waals surface area (Å²) < 4.78 is 5.64. The molecule has 3 amide bonds. The van der Waals surface area contributed by atoms with Crippen molar-refractivity contribution in [1.29, 1.82) is 0 Å². The highest BCUT2D eigenvalue weighted by Crippen LogP contribution is 2.23. The lowest BCUT2D eigenvalue weighted by Crippen LogP contribution is -2.49. The molecule has 0 bridgehead atoms. The first kappa shape index (κ1) is 24.1. The van der Waals surface area contributed by atoms with Gasteiger partial charge in [0.1, 0.15) is 5.75 Å². The molecule has 1 aromatic heterocycles. The quantitative estimate of drug-likeness (QED) is 0.413. The molecule has 4 N–H and O–H groups in total. The van der Waals surface area contributed by atoms with Crippen LogP contribution >= 0.6 is 0 Å². The summed E-state index contributed by atoms with van der Waals surface area (Å²) in [5.41, 5.74) is 1.73. The van der Waals surface area contributed by atoms with Crippen LogP contribution in [0.2, 0.25) is 0 Å². The molecule has 184 valence electrons. The van der Waals surface area contributed by atoms with Crippen LogP contribution in [0.3, 0.4) is 0 Å². The maximum Gasteiger partial charge on any atom is 0.323 e. The predicted molar refractivity (Wildman–Crippen MR) is 131 cm³/mol. The molecular formula is C25H29N5O5. The number of anilines is 1. The maximum absolute atomic E-state index is 12.6. The number of amides is 3. The molecule has 35 heavy (non-hydrogen) atoms. The molecule has 2 heterocycles. The Balaban J connectivity index is 1.24. The lowest BCUT2D eigenvalue weighted by molar-refractivity contribution is -0.139. The molecule has 4 rings (SSSR count). The highest BCUT2D eigenvalue weighted by Gasteiger charge is 2.29. The molecule has 10 heteroatoms. The second kappa shape index (κ2) is 10.5. The zero-order valence-electron chi connectivity index (χ0n) is 19.7. The van der Waals surface area contributed by atoms with Crippen molar-refractivity contribution in [3.8, 4) is 5.75 Å². The molecule has 0 spiro atoms. The normalized spacial score (nSPS) is 17.7. The first-order valence-corrected chi connectivity index (χ1v) is 11.6. The zero-order chi connectivity index (χ0) is 24.9. The van der Waals surface area contributed by atoms with Crippen molar-refractivity contribution in [2.45, 2.75) is 45.2 Å². The molecule has 0 unspecified atom stereocenters. The van der Waals surface area contributed by atoms with E-state index in [9.17, 15) is 19.2 Å². The number of hydrogen-bond acceptors (Lipinski definition) is 5. The topological polar surface area (TPSA) is 136 Å². The number of benzene rings is 2. The highest BCUT2D eigenvalue weighted by molar-refractivity contribution is 6.00. The summed E-state index contributed by atoms with van der Waals surface area (Å²) in [5.74, 6) is -0.373. The van der Waals surface area contributed by atoms with Crippen molar-refractivity contribution in [1.82, 2.24) is 20.2 Å². The molecule has 3 aromatic rings. The van der Waals surface area contributed by atoms with Crippen molar-refractivity contribution in [2.75, 3.05) is 18.5 Å². The number of nitrogens with one attached hydrogen (secondary N) is 4. The number of carbonyl (C=O) groups excluding carboxylic acids is 3. The van der Waals surface area contributed by atoms with Gasteiger partial charge in [0.25, 0.3) is 11.8 Å². The monoisotopic (exact) mass is 479 g/mol. The number of aromatic amines is 2. The summed E-state index contributed by atoms with van der Waals surface area (Å²) in [4.78, 5) is 55.7. The van der Waals surface area contributed by atoms with E-state index in [-0.39, 0.29) is 36.8 Å². The average Bonchev–Trinajstić information content (AvgIpc) is 3.20. The van der Waals surface area contributed by atoms with E-state index in [2.05, 4.69) is 34.4 Å². The van der Waals surface area contributed by atoms with Crippen LogP contribution < -0.4 is 21.1 Å². The minimum atomic E-state index is -0.413. The van der Waals surface area contributed by atoms with E-state index in [1.165, 1.54) is 0 Å². The van der Waals surface area contributed by atoms with Gasteiger partial charge in [-0.25, -0.2) is 4.79 Å². The lowest BCUT2D eigenvalue weighted by atomic mass is 9.97. The third kappa shape index (κ3) is 5.89. The number of imidazole rings is 1. The standard InChI is InChI=1S/C25H29N5O5/c1-15-4-3-5-16(2)30(15)23(32)14-35-19-9-6-17(7-10-19)24(33)26-13-22(31)27-18-8-11-20-21(12-18)29-25(34)28-20/h6-12,15-16H,3-5,13-14H2,1-2H3,(H,26,33)(H,27,31)(H2,28,29,34)/t15-,16-/m1/s1. The summed E-state index contributed by atoms with van der Waals surface area (Å²) in [7, 11) is 0. The van der Waals surface area contributed by atoms with Crippen molar-refractivity contribution >= 4 is 34.4 Å². The molecule has 2 aromatic carbocycles. The molecule has 2 atom stereocenters. The summed E-state index contributed by atoms with van der Waals surface area (Å²) in [6.45, 7) is 3.84. The number of aromatic nitrogens is 2. The lowest BCUT2D eigenvalue weighted by Gasteiger charge is -2.38. The Bertz CT molecular complexity index is 1270. The van der Waals surface area contributed by atoms with Crippen molar-refractivity contribution in [3.63, 3.8) is 0 Å². The number of likely N-dealkylation sites (tertiary alicyclic amines) is 1. The van der Waals surface area contributed by atoms with E-state index < -0.39 is 11.8 Å². The average molecular weight is 480 g/mol. The molecule has 1 saturated heterocycles. The van der Waals surface area contributed by atoms with Crippen LogP contribution in [0.4, 0.5) is 5.69 Å². The zero-order valence-corrected chi connectivity index (χ0v) is 19.7. The van der Waals surface area contributed by atoms with Gasteiger partial charge >= 0.3 is 5.69 Å². The number of H-pyrrole nitrogens is 2. The number of hydrogen-bond donors (Lipinski definition) is 4. The molecule has 1 aliphatic rings. The van der Waals surface area contributed by atoms with Gasteiger partial charge in [-0.1, -0.05) is 0 Å². The third-order valence-electron chi connectivity index (χ3n) is 6.17. The van der Waals surface area contributed by atoms with Gasteiger partial charge in [-0.05, 0) is 75.6 Å². The molecule has 10 nitrogen and oxygen atoms in total. The second-order valence-corrected chi connectivity index (χ2v) is 8.81. The fraction of sp³-hybridized carbons (Fsp3) is 0.360. The second-order valence-electron chi connectivity index (χ2n) is 8.81. The molecule has 0 radical (unpaired) electrons. The summed E-state index contributed by atoms with van der Waals surface area (Å²) >= 11 is 0. The number of rotatable bonds is 7. The number of carbonyl (C=O) groups is 3. The Hall–Kier alpha value is -4.08. The van der Waals surface area contributed by atoms with Gasteiger partial charge in [0.15, 0.2) is 6.61 Å².